The van der Waals surface area contributed by atoms with E-state index in [-0.39, 0.29) is 5.56 Å². The molecule has 0 bridgehead atoms. The van der Waals surface area contributed by atoms with Crippen molar-refractivity contribution in [2.24, 2.45) is 4.99 Å². The topological polar surface area (TPSA) is 80.5 Å². The van der Waals surface area contributed by atoms with Gasteiger partial charge < -0.3 is 19.9 Å². The third kappa shape index (κ3) is 6.68. The molecule has 2 N–H and O–H groups in total. The summed E-state index contributed by atoms with van der Waals surface area (Å²) in [4.78, 5) is 21.1. The summed E-state index contributed by atoms with van der Waals surface area (Å²) in [6.45, 7) is 1.42. The number of rotatable bonds is 9. The number of hydrogen-bond acceptors (Lipinski definition) is 3. The van der Waals surface area contributed by atoms with Gasteiger partial charge in [-0.1, -0.05) is 23.7 Å². The zero-order chi connectivity index (χ0) is 23.6. The van der Waals surface area contributed by atoms with E-state index in [9.17, 15) is 9.18 Å². The van der Waals surface area contributed by atoms with E-state index in [1.165, 1.54) is 12.1 Å². The van der Waals surface area contributed by atoms with Crippen LogP contribution in [0.5, 0.6) is 5.75 Å². The van der Waals surface area contributed by atoms with Gasteiger partial charge in [-0.3, -0.25) is 4.79 Å². The molecule has 0 aliphatic heterocycles. The maximum Gasteiger partial charge on any atom is 0.280 e. The van der Waals surface area contributed by atoms with E-state index < -0.39 is 11.7 Å². The Morgan fingerprint density at radius 2 is 2.12 bits per heavy atom. The summed E-state index contributed by atoms with van der Waals surface area (Å²) in [6, 6.07) is 10.4. The van der Waals surface area contributed by atoms with Crippen LogP contribution in [0.1, 0.15) is 27.9 Å². The Morgan fingerprint density at radius 1 is 1.27 bits per heavy atom. The fourth-order valence-corrected chi connectivity index (χ4v) is 3.61. The van der Waals surface area contributed by atoms with E-state index in [1.54, 1.807) is 32.7 Å². The molecule has 7 nitrogen and oxygen atoms in total. The molecule has 0 saturated heterocycles. The molecule has 0 atom stereocenters. The summed E-state index contributed by atoms with van der Waals surface area (Å²) < 4.78 is 22.1. The number of aryl methyl sites for hydroxylation is 2. The number of amides is 1. The number of benzene rings is 2. The van der Waals surface area contributed by atoms with Crippen molar-refractivity contribution < 1.29 is 13.9 Å². The van der Waals surface area contributed by atoms with Crippen LogP contribution in [0.15, 0.2) is 60.1 Å². The maximum absolute atomic E-state index is 14.7. The first kappa shape index (κ1) is 24.0. The lowest BCUT2D eigenvalue weighted by molar-refractivity contribution is 0.100. The number of imidazole rings is 1. The number of hydrogen-bond donors (Lipinski definition) is 2. The molecule has 1 heterocycles. The minimum absolute atomic E-state index is 0.259. The predicted molar refractivity (Wildman–Crippen MR) is 131 cm³/mol. The molecule has 3 aromatic rings. The molecule has 1 aromatic heterocycles. The van der Waals surface area contributed by atoms with E-state index in [0.717, 1.165) is 29.7 Å². The highest BCUT2D eigenvalue weighted by molar-refractivity contribution is 6.32. The van der Waals surface area contributed by atoms with Crippen molar-refractivity contribution in [3.63, 3.8) is 0 Å². The summed E-state index contributed by atoms with van der Waals surface area (Å²) in [5.41, 5.74) is 2.68. The van der Waals surface area contributed by atoms with Crippen molar-refractivity contribution >= 4 is 25.2 Å². The molecule has 0 radical (unpaired) electrons. The molecule has 172 valence electrons. The van der Waals surface area contributed by atoms with Gasteiger partial charge in [-0.2, -0.15) is 4.99 Å². The number of guanidine groups is 1. The molecule has 33 heavy (non-hydrogen) atoms. The first-order valence-corrected chi connectivity index (χ1v) is 10.9. The standard InChI is InChI=1S/C24H29BFN5O2/c1-27-24(29-11-4-13-31-14-12-28-16-31)30-23(32)20-5-3-6-21(26)19(20)9-7-17-15-18(25)8-10-22(17)33-2/h3,5-6,8,10,12,14-16H,4,7,9,11,13,25H2,1-2H3,(H2,27,29,30,32). The van der Waals surface area contributed by atoms with Gasteiger partial charge in [0.05, 0.1) is 13.4 Å². The lowest BCUT2D eigenvalue weighted by atomic mass is 9.91. The third-order valence-corrected chi connectivity index (χ3v) is 5.32. The molecule has 0 fully saturated rings. The van der Waals surface area contributed by atoms with Crippen molar-refractivity contribution in [3.8, 4) is 5.75 Å². The quantitative estimate of drug-likeness (QED) is 0.224. The number of nitrogens with zero attached hydrogens (tertiary/aromatic N) is 3. The Hall–Kier alpha value is -3.62. The van der Waals surface area contributed by atoms with Gasteiger partial charge in [0.15, 0.2) is 5.96 Å². The Kier molecular flexibility index (Phi) is 8.63. The van der Waals surface area contributed by atoms with Crippen molar-refractivity contribution in [1.29, 1.82) is 0 Å². The van der Waals surface area contributed by atoms with Gasteiger partial charge in [0, 0.05) is 43.7 Å². The largest absolute Gasteiger partial charge is 0.496 e. The van der Waals surface area contributed by atoms with E-state index in [2.05, 4.69) is 20.6 Å². The second-order valence-electron chi connectivity index (χ2n) is 7.68. The summed E-state index contributed by atoms with van der Waals surface area (Å²) in [5, 5.41) is 6.02. The van der Waals surface area contributed by atoms with Crippen molar-refractivity contribution in [1.82, 2.24) is 20.2 Å². The van der Waals surface area contributed by atoms with E-state index in [4.69, 9.17) is 4.74 Å². The average molecular weight is 449 g/mol. The number of halogens is 1. The Bertz CT molecular complexity index is 1100. The number of nitrogens with one attached hydrogen (secondary N) is 2. The SMILES string of the molecule is Bc1ccc(OC)c(CCc2c(F)cccc2C(=O)/N=C(/NC)NCCCn2ccnc2)c1. The number of methoxy groups -OCH3 is 1. The summed E-state index contributed by atoms with van der Waals surface area (Å²) >= 11 is 0. The highest BCUT2D eigenvalue weighted by Gasteiger charge is 2.16. The number of ether oxygens (including phenoxy) is 1. The van der Waals surface area contributed by atoms with Crippen molar-refractivity contribution in [2.75, 3.05) is 20.7 Å². The normalized spacial score (nSPS) is 11.3. The average Bonchev–Trinajstić information content (AvgIpc) is 3.33. The summed E-state index contributed by atoms with van der Waals surface area (Å²) in [5.74, 6) is 0.190. The van der Waals surface area contributed by atoms with Gasteiger partial charge in [-0.05, 0) is 43.0 Å². The van der Waals surface area contributed by atoms with Crippen LogP contribution < -0.4 is 20.8 Å². The second-order valence-corrected chi connectivity index (χ2v) is 7.68. The molecule has 2 aromatic carbocycles. The molecule has 0 aliphatic rings. The molecule has 0 saturated carbocycles. The van der Waals surface area contributed by atoms with Gasteiger partial charge in [0.25, 0.3) is 5.91 Å². The lowest BCUT2D eigenvalue weighted by Gasteiger charge is -2.13. The molecule has 1 amide bonds. The Balaban J connectivity index is 1.69. The van der Waals surface area contributed by atoms with Crippen molar-refractivity contribution in [3.05, 3.63) is 77.6 Å². The monoisotopic (exact) mass is 449 g/mol. The van der Waals surface area contributed by atoms with Crippen LogP contribution in [0.25, 0.3) is 0 Å². The predicted octanol–water partition coefficient (Wildman–Crippen LogP) is 1.47. The van der Waals surface area contributed by atoms with Gasteiger partial charge in [0.2, 0.25) is 0 Å². The highest BCUT2D eigenvalue weighted by Crippen LogP contribution is 2.22. The first-order chi connectivity index (χ1) is 16.0. The minimum atomic E-state index is -0.493. The second kappa shape index (κ2) is 11.8. The molecular weight excluding hydrogens is 420 g/mol. The van der Waals surface area contributed by atoms with E-state index in [0.29, 0.717) is 30.9 Å². The minimum Gasteiger partial charge on any atom is -0.496 e. The van der Waals surface area contributed by atoms with Gasteiger partial charge in [-0.25, -0.2) is 9.37 Å². The number of aliphatic imine (C=N–C) groups is 1. The third-order valence-electron chi connectivity index (χ3n) is 5.32. The number of carbonyl (C=O) groups excluding carboxylic acids is 1. The maximum atomic E-state index is 14.7. The highest BCUT2D eigenvalue weighted by atomic mass is 19.1. The van der Waals surface area contributed by atoms with Crippen LogP contribution in [0.3, 0.4) is 0 Å². The van der Waals surface area contributed by atoms with Crippen LogP contribution in [-0.4, -0.2) is 50.0 Å². The number of carbonyl (C=O) groups is 1. The summed E-state index contributed by atoms with van der Waals surface area (Å²) in [7, 11) is 5.30. The molecular formula is C24H29BFN5O2. The lowest BCUT2D eigenvalue weighted by Crippen LogP contribution is -2.36. The zero-order valence-corrected chi connectivity index (χ0v) is 19.3. The fraction of sp³-hybridized carbons (Fsp3) is 0.292. The molecule has 0 spiro atoms. The van der Waals surface area contributed by atoms with Crippen molar-refractivity contribution in [2.45, 2.75) is 25.8 Å². The zero-order valence-electron chi connectivity index (χ0n) is 19.3. The van der Waals surface area contributed by atoms with Crippen LogP contribution in [-0.2, 0) is 19.4 Å². The van der Waals surface area contributed by atoms with Gasteiger partial charge in [0.1, 0.15) is 19.4 Å². The smallest absolute Gasteiger partial charge is 0.280 e. The number of aromatic nitrogens is 2. The van der Waals surface area contributed by atoms with Gasteiger partial charge >= 0.3 is 0 Å². The summed E-state index contributed by atoms with van der Waals surface area (Å²) in [6.07, 6.45) is 7.12. The fourth-order valence-electron chi connectivity index (χ4n) is 3.61. The Labute approximate surface area is 194 Å². The molecule has 0 aliphatic carbocycles. The van der Waals surface area contributed by atoms with Crippen LogP contribution in [0.2, 0.25) is 0 Å². The van der Waals surface area contributed by atoms with Crippen LogP contribution in [0, 0.1) is 5.82 Å². The molecule has 0 unspecified atom stereocenters. The molecule has 9 heteroatoms. The first-order valence-electron chi connectivity index (χ1n) is 10.9. The van der Waals surface area contributed by atoms with Gasteiger partial charge in [-0.15, -0.1) is 0 Å². The van der Waals surface area contributed by atoms with E-state index >= 15 is 0 Å². The van der Waals surface area contributed by atoms with Crippen LogP contribution >= 0.6 is 0 Å². The van der Waals surface area contributed by atoms with E-state index in [1.807, 2.05) is 36.8 Å². The Morgan fingerprint density at radius 3 is 2.85 bits per heavy atom. The molecule has 3 rings (SSSR count). The van der Waals surface area contributed by atoms with Crippen LogP contribution in [0.4, 0.5) is 4.39 Å².